The van der Waals surface area contributed by atoms with Crippen molar-refractivity contribution in [2.75, 3.05) is 0 Å². The van der Waals surface area contributed by atoms with Crippen LogP contribution in [-0.2, 0) is 16.6 Å². The summed E-state index contributed by atoms with van der Waals surface area (Å²) in [4.78, 5) is -0.620. The molecule has 0 heterocycles. The van der Waals surface area contributed by atoms with Crippen molar-refractivity contribution in [1.29, 1.82) is 0 Å². The lowest BCUT2D eigenvalue weighted by molar-refractivity contribution is 0.267. The van der Waals surface area contributed by atoms with Crippen molar-refractivity contribution in [2.24, 2.45) is 5.92 Å². The Morgan fingerprint density at radius 1 is 1.40 bits per heavy atom. The van der Waals surface area contributed by atoms with E-state index in [2.05, 4.69) is 4.72 Å². The minimum absolute atomic E-state index is 0.179. The van der Waals surface area contributed by atoms with Gasteiger partial charge < -0.3 is 5.11 Å². The molecule has 2 atom stereocenters. The molecule has 1 aromatic rings. The molecule has 0 radical (unpaired) electrons. The summed E-state index contributed by atoms with van der Waals surface area (Å²) in [6.07, 6.45) is 2.62. The van der Waals surface area contributed by atoms with Crippen LogP contribution in [0.5, 0.6) is 0 Å². The molecule has 0 spiro atoms. The highest BCUT2D eigenvalue weighted by atomic mass is 32.2. The van der Waals surface area contributed by atoms with Crippen molar-refractivity contribution in [2.45, 2.75) is 43.7 Å². The first kappa shape index (κ1) is 15.3. The van der Waals surface area contributed by atoms with Gasteiger partial charge in [-0.15, -0.1) is 0 Å². The lowest BCUT2D eigenvalue weighted by Crippen LogP contribution is -2.28. The fourth-order valence-electron chi connectivity index (χ4n) is 2.27. The Kier molecular flexibility index (Phi) is 4.41. The second-order valence-electron chi connectivity index (χ2n) is 5.01. The van der Waals surface area contributed by atoms with Gasteiger partial charge in [0.05, 0.1) is 12.2 Å². The summed E-state index contributed by atoms with van der Waals surface area (Å²) in [5, 5.41) is 8.90. The van der Waals surface area contributed by atoms with Gasteiger partial charge in [-0.3, -0.25) is 0 Å². The molecule has 0 aromatic heterocycles. The lowest BCUT2D eigenvalue weighted by atomic mass is 10.2. The third-order valence-electron chi connectivity index (χ3n) is 3.49. The first-order valence-corrected chi connectivity index (χ1v) is 7.99. The van der Waals surface area contributed by atoms with Gasteiger partial charge in [-0.1, -0.05) is 13.3 Å². The topological polar surface area (TPSA) is 66.4 Å². The molecule has 7 heteroatoms. The molecule has 1 aliphatic rings. The zero-order chi connectivity index (χ0) is 14.9. The van der Waals surface area contributed by atoms with Crippen molar-refractivity contribution in [1.82, 2.24) is 4.72 Å². The van der Waals surface area contributed by atoms with Gasteiger partial charge in [0.25, 0.3) is 0 Å². The van der Waals surface area contributed by atoms with E-state index in [1.54, 1.807) is 0 Å². The summed E-state index contributed by atoms with van der Waals surface area (Å²) in [6.45, 7) is 1.12. The van der Waals surface area contributed by atoms with Crippen LogP contribution in [0.2, 0.25) is 0 Å². The molecule has 2 unspecified atom stereocenters. The predicted molar refractivity (Wildman–Crippen MR) is 69.4 cm³/mol. The Bertz CT molecular complexity index is 604. The Hall–Kier alpha value is -1.05. The van der Waals surface area contributed by atoms with Gasteiger partial charge in [-0.05, 0) is 30.9 Å². The number of sulfonamides is 1. The first-order chi connectivity index (χ1) is 9.40. The quantitative estimate of drug-likeness (QED) is 0.844. The molecule has 1 saturated carbocycles. The summed E-state index contributed by atoms with van der Waals surface area (Å²) in [5.41, 5.74) is -0.631. The molecule has 0 amide bonds. The van der Waals surface area contributed by atoms with Gasteiger partial charge in [-0.25, -0.2) is 21.9 Å². The van der Waals surface area contributed by atoms with Crippen LogP contribution >= 0.6 is 0 Å². The smallest absolute Gasteiger partial charge is 0.243 e. The van der Waals surface area contributed by atoms with Gasteiger partial charge in [0.1, 0.15) is 10.7 Å². The SMILES string of the molecule is CCCC1CC1NS(=O)(=O)c1ccc(F)c(CO)c1F. The molecule has 4 nitrogen and oxygen atoms in total. The third kappa shape index (κ3) is 2.99. The molecule has 2 rings (SSSR count). The third-order valence-corrected chi connectivity index (χ3v) is 4.99. The number of rotatable bonds is 6. The normalized spacial score (nSPS) is 22.0. The minimum atomic E-state index is -4.03. The molecule has 0 bridgehead atoms. The highest BCUT2D eigenvalue weighted by Gasteiger charge is 2.40. The van der Waals surface area contributed by atoms with Crippen LogP contribution in [0.4, 0.5) is 8.78 Å². The summed E-state index contributed by atoms with van der Waals surface area (Å²) < 4.78 is 53.7. The predicted octanol–water partition coefficient (Wildman–Crippen LogP) is 1.92. The monoisotopic (exact) mass is 305 g/mol. The number of hydrogen-bond donors (Lipinski definition) is 2. The molecule has 20 heavy (non-hydrogen) atoms. The van der Waals surface area contributed by atoms with Gasteiger partial charge in [0.2, 0.25) is 10.0 Å². The summed E-state index contributed by atoms with van der Waals surface area (Å²) in [6, 6.07) is 1.55. The van der Waals surface area contributed by atoms with Crippen molar-refractivity contribution in [3.63, 3.8) is 0 Å². The summed E-state index contributed by atoms with van der Waals surface area (Å²) >= 11 is 0. The maximum Gasteiger partial charge on any atom is 0.243 e. The highest BCUT2D eigenvalue weighted by Crippen LogP contribution is 2.36. The van der Waals surface area contributed by atoms with Crippen molar-refractivity contribution >= 4 is 10.0 Å². The minimum Gasteiger partial charge on any atom is -0.391 e. The van der Waals surface area contributed by atoms with Crippen LogP contribution < -0.4 is 4.72 Å². The lowest BCUT2D eigenvalue weighted by Gasteiger charge is -2.10. The van der Waals surface area contributed by atoms with Crippen LogP contribution in [0.25, 0.3) is 0 Å². The van der Waals surface area contributed by atoms with E-state index < -0.39 is 38.7 Å². The van der Waals surface area contributed by atoms with Crippen molar-refractivity contribution in [3.05, 3.63) is 29.3 Å². The maximum atomic E-state index is 13.9. The molecule has 1 aromatic carbocycles. The van der Waals surface area contributed by atoms with Crippen LogP contribution in [0.15, 0.2) is 17.0 Å². The molecule has 0 saturated heterocycles. The summed E-state index contributed by atoms with van der Waals surface area (Å²) in [7, 11) is -4.03. The van der Waals surface area contributed by atoms with Gasteiger partial charge in [0.15, 0.2) is 5.82 Å². The second kappa shape index (κ2) is 5.75. The van der Waals surface area contributed by atoms with E-state index in [0.717, 1.165) is 31.4 Å². The summed E-state index contributed by atoms with van der Waals surface area (Å²) in [5.74, 6) is -1.90. The molecule has 2 N–H and O–H groups in total. The molecule has 0 aliphatic heterocycles. The maximum absolute atomic E-state index is 13.9. The number of hydrogen-bond acceptors (Lipinski definition) is 3. The van der Waals surface area contributed by atoms with E-state index in [0.29, 0.717) is 0 Å². The van der Waals surface area contributed by atoms with E-state index in [1.807, 2.05) is 6.92 Å². The van der Waals surface area contributed by atoms with Crippen LogP contribution in [0.1, 0.15) is 31.7 Å². The number of aliphatic hydroxyl groups is 1. The number of benzene rings is 1. The van der Waals surface area contributed by atoms with E-state index >= 15 is 0 Å². The molecular weight excluding hydrogens is 288 g/mol. The average molecular weight is 305 g/mol. The Morgan fingerprint density at radius 2 is 2.10 bits per heavy atom. The number of nitrogens with one attached hydrogen (secondary N) is 1. The van der Waals surface area contributed by atoms with Gasteiger partial charge >= 0.3 is 0 Å². The number of halogens is 2. The van der Waals surface area contributed by atoms with E-state index in [1.165, 1.54) is 0 Å². The van der Waals surface area contributed by atoms with Crippen LogP contribution in [0, 0.1) is 17.6 Å². The van der Waals surface area contributed by atoms with Crippen LogP contribution in [0.3, 0.4) is 0 Å². The Labute approximate surface area is 116 Å². The van der Waals surface area contributed by atoms with Crippen molar-refractivity contribution < 1.29 is 22.3 Å². The Balaban J connectivity index is 2.23. The van der Waals surface area contributed by atoms with Gasteiger partial charge in [-0.2, -0.15) is 0 Å². The van der Waals surface area contributed by atoms with Gasteiger partial charge in [0, 0.05) is 6.04 Å². The van der Waals surface area contributed by atoms with Crippen LogP contribution in [-0.4, -0.2) is 19.6 Å². The standard InChI is InChI=1S/C13H17F2NO3S/c1-2-3-8-6-11(8)16-20(18,19)12-5-4-10(14)9(7-17)13(12)15/h4-5,8,11,16-17H,2-3,6-7H2,1H3. The Morgan fingerprint density at radius 3 is 2.70 bits per heavy atom. The fourth-order valence-corrected chi connectivity index (χ4v) is 3.69. The average Bonchev–Trinajstić information content (AvgIpc) is 3.07. The molecule has 1 fully saturated rings. The molecule has 1 aliphatic carbocycles. The zero-order valence-electron chi connectivity index (χ0n) is 11.1. The van der Waals surface area contributed by atoms with E-state index in [-0.39, 0.29) is 12.0 Å². The van der Waals surface area contributed by atoms with E-state index in [4.69, 9.17) is 5.11 Å². The van der Waals surface area contributed by atoms with E-state index in [9.17, 15) is 17.2 Å². The molecular formula is C13H17F2NO3S. The molecule has 112 valence electrons. The largest absolute Gasteiger partial charge is 0.391 e. The highest BCUT2D eigenvalue weighted by molar-refractivity contribution is 7.89. The number of aliphatic hydroxyl groups excluding tert-OH is 1. The first-order valence-electron chi connectivity index (χ1n) is 6.50. The fraction of sp³-hybridized carbons (Fsp3) is 0.538. The zero-order valence-corrected chi connectivity index (χ0v) is 11.9. The van der Waals surface area contributed by atoms with Crippen molar-refractivity contribution in [3.8, 4) is 0 Å². The second-order valence-corrected chi connectivity index (χ2v) is 6.69.